The van der Waals surface area contributed by atoms with Gasteiger partial charge in [-0.25, -0.2) is 4.39 Å². The molecule has 0 unspecified atom stereocenters. The summed E-state index contributed by atoms with van der Waals surface area (Å²) < 4.78 is 19.6. The number of rotatable bonds is 8. The monoisotopic (exact) mass is 287 g/mol. The lowest BCUT2D eigenvalue weighted by Crippen LogP contribution is -2.15. The quantitative estimate of drug-likeness (QED) is 0.742. The Labute approximate surface area is 126 Å². The highest BCUT2D eigenvalue weighted by atomic mass is 19.1. The molecule has 2 nitrogen and oxygen atoms in total. The topological polar surface area (TPSA) is 21.3 Å². The summed E-state index contributed by atoms with van der Waals surface area (Å²) in [6.07, 6.45) is 1.83. The maximum atomic E-state index is 13.9. The average Bonchev–Trinajstić information content (AvgIpc) is 2.51. The molecule has 2 aromatic rings. The fourth-order valence-corrected chi connectivity index (χ4v) is 2.17. The number of ether oxygens (including phenoxy) is 1. The van der Waals surface area contributed by atoms with E-state index in [0.29, 0.717) is 18.9 Å². The van der Waals surface area contributed by atoms with Crippen LogP contribution in [0.25, 0.3) is 0 Å². The third-order valence-electron chi connectivity index (χ3n) is 3.27. The predicted octanol–water partition coefficient (Wildman–Crippen LogP) is 3.95. The molecule has 0 bridgehead atoms. The molecule has 2 aromatic carbocycles. The maximum Gasteiger partial charge on any atom is 0.165 e. The number of benzene rings is 2. The smallest absolute Gasteiger partial charge is 0.165 e. The summed E-state index contributed by atoms with van der Waals surface area (Å²) in [4.78, 5) is 0. The zero-order valence-electron chi connectivity index (χ0n) is 12.4. The third kappa shape index (κ3) is 4.87. The number of nitrogens with one attached hydrogen (secondary N) is 1. The van der Waals surface area contributed by atoms with Gasteiger partial charge in [0.15, 0.2) is 11.6 Å². The van der Waals surface area contributed by atoms with E-state index in [4.69, 9.17) is 4.74 Å². The Morgan fingerprint density at radius 3 is 2.62 bits per heavy atom. The van der Waals surface area contributed by atoms with Gasteiger partial charge in [-0.2, -0.15) is 0 Å². The number of halogens is 1. The Morgan fingerprint density at radius 1 is 1.05 bits per heavy atom. The van der Waals surface area contributed by atoms with Crippen LogP contribution in [0, 0.1) is 5.82 Å². The molecular formula is C18H22FNO. The highest BCUT2D eigenvalue weighted by molar-refractivity contribution is 5.35. The molecule has 0 amide bonds. The summed E-state index contributed by atoms with van der Waals surface area (Å²) in [5.41, 5.74) is 2.07. The van der Waals surface area contributed by atoms with E-state index in [-0.39, 0.29) is 5.82 Å². The highest BCUT2D eigenvalue weighted by Gasteiger charge is 2.09. The molecule has 0 saturated heterocycles. The van der Waals surface area contributed by atoms with E-state index in [1.165, 1.54) is 11.6 Å². The van der Waals surface area contributed by atoms with Crippen LogP contribution in [0.15, 0.2) is 48.5 Å². The Hall–Kier alpha value is -1.87. The number of hydrogen-bond acceptors (Lipinski definition) is 2. The Kier molecular flexibility index (Phi) is 6.22. The second-order valence-electron chi connectivity index (χ2n) is 4.99. The minimum absolute atomic E-state index is 0.293. The van der Waals surface area contributed by atoms with Crippen molar-refractivity contribution in [1.29, 1.82) is 0 Å². The third-order valence-corrected chi connectivity index (χ3v) is 3.27. The summed E-state index contributed by atoms with van der Waals surface area (Å²) in [6, 6.07) is 15.2. The van der Waals surface area contributed by atoms with E-state index in [9.17, 15) is 4.39 Å². The standard InChI is InChI=1S/C18H22FNO/c1-2-12-20-14-16-9-6-10-17(19)18(16)21-13-11-15-7-4-3-5-8-15/h3-10,20H,2,11-14H2,1H3. The van der Waals surface area contributed by atoms with Gasteiger partial charge < -0.3 is 10.1 Å². The van der Waals surface area contributed by atoms with Crippen LogP contribution < -0.4 is 10.1 Å². The molecule has 0 heterocycles. The molecule has 0 fully saturated rings. The van der Waals surface area contributed by atoms with Crippen molar-refractivity contribution in [3.05, 3.63) is 65.5 Å². The zero-order chi connectivity index (χ0) is 14.9. The van der Waals surface area contributed by atoms with E-state index in [1.54, 1.807) is 6.07 Å². The molecule has 0 saturated carbocycles. The first-order valence-electron chi connectivity index (χ1n) is 7.46. The SMILES string of the molecule is CCCNCc1cccc(F)c1OCCc1ccccc1. The summed E-state index contributed by atoms with van der Waals surface area (Å²) in [5, 5.41) is 3.28. The van der Waals surface area contributed by atoms with E-state index in [2.05, 4.69) is 24.4 Å². The lowest BCUT2D eigenvalue weighted by molar-refractivity contribution is 0.301. The molecule has 0 aliphatic heterocycles. The van der Waals surface area contributed by atoms with Gasteiger partial charge in [0.1, 0.15) is 0 Å². The molecular weight excluding hydrogens is 265 g/mol. The molecule has 2 rings (SSSR count). The first kappa shape index (κ1) is 15.5. The molecule has 112 valence electrons. The van der Waals surface area contributed by atoms with Crippen LogP contribution in [0.2, 0.25) is 0 Å². The van der Waals surface area contributed by atoms with Gasteiger partial charge in [0.2, 0.25) is 0 Å². The Bertz CT molecular complexity index is 542. The van der Waals surface area contributed by atoms with Gasteiger partial charge >= 0.3 is 0 Å². The lowest BCUT2D eigenvalue weighted by Gasteiger charge is -2.13. The molecule has 3 heteroatoms. The fourth-order valence-electron chi connectivity index (χ4n) is 2.17. The van der Waals surface area contributed by atoms with Gasteiger partial charge in [0.25, 0.3) is 0 Å². The molecule has 0 atom stereocenters. The molecule has 0 aliphatic rings. The van der Waals surface area contributed by atoms with Crippen LogP contribution in [0.1, 0.15) is 24.5 Å². The van der Waals surface area contributed by atoms with Crippen molar-refractivity contribution in [3.8, 4) is 5.75 Å². The Morgan fingerprint density at radius 2 is 1.86 bits per heavy atom. The van der Waals surface area contributed by atoms with E-state index < -0.39 is 0 Å². The predicted molar refractivity (Wildman–Crippen MR) is 84.0 cm³/mol. The van der Waals surface area contributed by atoms with Gasteiger partial charge in [0, 0.05) is 18.5 Å². The van der Waals surface area contributed by atoms with Crippen LogP contribution in [-0.4, -0.2) is 13.2 Å². The fraction of sp³-hybridized carbons (Fsp3) is 0.333. The minimum atomic E-state index is -0.293. The van der Waals surface area contributed by atoms with Crippen LogP contribution in [0.4, 0.5) is 4.39 Å². The van der Waals surface area contributed by atoms with Crippen LogP contribution in [-0.2, 0) is 13.0 Å². The summed E-state index contributed by atoms with van der Waals surface area (Å²) in [6.45, 7) is 4.13. The van der Waals surface area contributed by atoms with Crippen molar-refractivity contribution < 1.29 is 9.13 Å². The lowest BCUT2D eigenvalue weighted by atomic mass is 10.1. The molecule has 0 spiro atoms. The van der Waals surface area contributed by atoms with Gasteiger partial charge in [-0.15, -0.1) is 0 Å². The number of para-hydroxylation sites is 1. The number of hydrogen-bond donors (Lipinski definition) is 1. The van der Waals surface area contributed by atoms with Crippen molar-refractivity contribution in [2.24, 2.45) is 0 Å². The van der Waals surface area contributed by atoms with E-state index in [0.717, 1.165) is 24.9 Å². The second kappa shape index (κ2) is 8.42. The molecule has 0 radical (unpaired) electrons. The van der Waals surface area contributed by atoms with Crippen LogP contribution in [0.3, 0.4) is 0 Å². The zero-order valence-corrected chi connectivity index (χ0v) is 12.4. The van der Waals surface area contributed by atoms with Crippen molar-refractivity contribution in [1.82, 2.24) is 5.32 Å². The maximum absolute atomic E-state index is 13.9. The van der Waals surface area contributed by atoms with E-state index in [1.807, 2.05) is 24.3 Å². The molecule has 1 N–H and O–H groups in total. The second-order valence-corrected chi connectivity index (χ2v) is 4.99. The van der Waals surface area contributed by atoms with Crippen molar-refractivity contribution in [2.45, 2.75) is 26.3 Å². The highest BCUT2D eigenvalue weighted by Crippen LogP contribution is 2.22. The molecule has 0 aromatic heterocycles. The van der Waals surface area contributed by atoms with Crippen molar-refractivity contribution in [3.63, 3.8) is 0 Å². The molecule has 21 heavy (non-hydrogen) atoms. The first-order valence-corrected chi connectivity index (χ1v) is 7.46. The first-order chi connectivity index (χ1) is 10.3. The summed E-state index contributed by atoms with van der Waals surface area (Å²) >= 11 is 0. The minimum Gasteiger partial charge on any atom is -0.490 e. The molecule has 0 aliphatic carbocycles. The normalized spacial score (nSPS) is 10.6. The van der Waals surface area contributed by atoms with Crippen LogP contribution in [0.5, 0.6) is 5.75 Å². The average molecular weight is 287 g/mol. The van der Waals surface area contributed by atoms with Gasteiger partial charge in [0.05, 0.1) is 6.61 Å². The Balaban J connectivity index is 1.94. The van der Waals surface area contributed by atoms with Crippen molar-refractivity contribution in [2.75, 3.05) is 13.2 Å². The largest absolute Gasteiger partial charge is 0.490 e. The van der Waals surface area contributed by atoms with Crippen molar-refractivity contribution >= 4 is 0 Å². The van der Waals surface area contributed by atoms with Gasteiger partial charge in [-0.3, -0.25) is 0 Å². The van der Waals surface area contributed by atoms with Gasteiger partial charge in [-0.1, -0.05) is 49.4 Å². The van der Waals surface area contributed by atoms with Crippen LogP contribution >= 0.6 is 0 Å². The summed E-state index contributed by atoms with van der Waals surface area (Å²) in [5.74, 6) is 0.0795. The summed E-state index contributed by atoms with van der Waals surface area (Å²) in [7, 11) is 0. The van der Waals surface area contributed by atoms with E-state index >= 15 is 0 Å². The van der Waals surface area contributed by atoms with Gasteiger partial charge in [-0.05, 0) is 24.6 Å².